The van der Waals surface area contributed by atoms with Crippen molar-refractivity contribution in [3.63, 3.8) is 0 Å². The molecule has 0 spiro atoms. The monoisotopic (exact) mass is 548 g/mol. The molecule has 4 atom stereocenters. The molecule has 0 aliphatic carbocycles. The van der Waals surface area contributed by atoms with E-state index in [9.17, 15) is 10.2 Å². The highest BCUT2D eigenvalue weighted by molar-refractivity contribution is 6.30. The fourth-order valence-electron chi connectivity index (χ4n) is 4.28. The summed E-state index contributed by atoms with van der Waals surface area (Å²) in [4.78, 5) is 30.8. The van der Waals surface area contributed by atoms with Crippen molar-refractivity contribution in [2.45, 2.75) is 37.4 Å². The maximum absolute atomic E-state index is 10.7. The van der Waals surface area contributed by atoms with Crippen LogP contribution in [0.25, 0.3) is 11.2 Å². The van der Waals surface area contributed by atoms with E-state index in [1.807, 2.05) is 24.3 Å². The smallest absolute Gasteiger partial charge is 0.373 e. The van der Waals surface area contributed by atoms with Gasteiger partial charge >= 0.3 is 6.15 Å². The van der Waals surface area contributed by atoms with Crippen LogP contribution in [0, 0.1) is 0 Å². The second-order valence-corrected chi connectivity index (χ2v) is 9.22. The number of benzene rings is 1. The molecular formula is C24H33ClN8O5. The highest BCUT2D eigenvalue weighted by Gasteiger charge is 2.44. The van der Waals surface area contributed by atoms with Crippen molar-refractivity contribution in [3.8, 4) is 0 Å². The molecule has 2 aromatic heterocycles. The Balaban J connectivity index is 0.00000127. The summed E-state index contributed by atoms with van der Waals surface area (Å²) in [7, 11) is 0. The summed E-state index contributed by atoms with van der Waals surface area (Å²) in [6, 6.07) is 7.85. The maximum atomic E-state index is 10.7. The van der Waals surface area contributed by atoms with Crippen molar-refractivity contribution in [1.29, 1.82) is 0 Å². The van der Waals surface area contributed by atoms with Gasteiger partial charge in [-0.2, -0.15) is 9.59 Å². The molecule has 1 aromatic carbocycles. The first-order valence-electron chi connectivity index (χ1n) is 12.2. The molecule has 13 nitrogen and oxygen atoms in total. The van der Waals surface area contributed by atoms with Gasteiger partial charge in [0.2, 0.25) is 0 Å². The van der Waals surface area contributed by atoms with Crippen LogP contribution in [-0.2, 0) is 20.7 Å². The number of aliphatic hydroxyl groups excluding tert-OH is 2. The molecule has 0 unspecified atom stereocenters. The Morgan fingerprint density at radius 2 is 1.84 bits per heavy atom. The zero-order valence-corrected chi connectivity index (χ0v) is 21.6. The molecule has 4 rings (SSSR count). The fourth-order valence-corrected chi connectivity index (χ4v) is 4.40. The molecule has 7 N–H and O–H groups in total. The van der Waals surface area contributed by atoms with Crippen molar-refractivity contribution in [2.75, 3.05) is 45.0 Å². The molecule has 0 amide bonds. The zero-order chi connectivity index (χ0) is 27.5. The highest BCUT2D eigenvalue weighted by atomic mass is 35.5. The molecule has 14 heteroatoms. The molecule has 3 aromatic rings. The van der Waals surface area contributed by atoms with E-state index in [1.54, 1.807) is 4.57 Å². The van der Waals surface area contributed by atoms with Crippen molar-refractivity contribution < 1.29 is 24.5 Å². The minimum Gasteiger partial charge on any atom is -0.387 e. The predicted molar refractivity (Wildman–Crippen MR) is 139 cm³/mol. The highest BCUT2D eigenvalue weighted by Crippen LogP contribution is 2.32. The van der Waals surface area contributed by atoms with Gasteiger partial charge < -0.3 is 31.7 Å². The van der Waals surface area contributed by atoms with Gasteiger partial charge in [-0.3, -0.25) is 9.47 Å². The number of imidazole rings is 1. The van der Waals surface area contributed by atoms with Crippen LogP contribution in [0.15, 0.2) is 36.9 Å². The number of rotatable bonds is 12. The average Bonchev–Trinajstić information content (AvgIpc) is 3.45. The lowest BCUT2D eigenvalue weighted by Gasteiger charge is -2.26. The topological polar surface area (TPSA) is 195 Å². The number of nitrogens with two attached hydrogens (primary N) is 2. The van der Waals surface area contributed by atoms with Gasteiger partial charge in [-0.15, -0.1) is 0 Å². The minimum absolute atomic E-state index is 0.245. The molecule has 206 valence electrons. The van der Waals surface area contributed by atoms with Crippen LogP contribution in [0.3, 0.4) is 0 Å². The van der Waals surface area contributed by atoms with Crippen LogP contribution in [0.1, 0.15) is 18.2 Å². The number of nitrogens with zero attached hydrogens (tertiary/aromatic N) is 5. The molecular weight excluding hydrogens is 516 g/mol. The van der Waals surface area contributed by atoms with Crippen molar-refractivity contribution in [3.05, 3.63) is 47.5 Å². The number of fused-ring (bicyclic) bond motifs is 1. The zero-order valence-electron chi connectivity index (χ0n) is 20.8. The van der Waals surface area contributed by atoms with Crippen molar-refractivity contribution in [1.82, 2.24) is 29.7 Å². The van der Waals surface area contributed by atoms with Crippen LogP contribution < -0.4 is 16.8 Å². The van der Waals surface area contributed by atoms with E-state index in [-0.39, 0.29) is 12.0 Å². The summed E-state index contributed by atoms with van der Waals surface area (Å²) < 4.78 is 7.69. The number of ether oxygens (including phenoxy) is 1. The number of carbonyl (C=O) groups excluding carboxylic acids is 2. The van der Waals surface area contributed by atoms with Gasteiger partial charge in [-0.25, -0.2) is 15.0 Å². The van der Waals surface area contributed by atoms with Crippen molar-refractivity contribution in [2.24, 2.45) is 5.73 Å². The lowest BCUT2D eigenvalue weighted by atomic mass is 10.1. The normalized spacial score (nSPS) is 20.9. The number of nitrogen functional groups attached to an aromatic ring is 1. The van der Waals surface area contributed by atoms with Crippen LogP contribution in [0.5, 0.6) is 0 Å². The number of halogens is 1. The molecule has 38 heavy (non-hydrogen) atoms. The fraction of sp³-hybridized carbons (Fsp3) is 0.500. The number of aromatic nitrogens is 4. The number of hydrogen-bond donors (Lipinski definition) is 5. The first-order valence-corrected chi connectivity index (χ1v) is 12.6. The lowest BCUT2D eigenvalue weighted by molar-refractivity contribution is -0.191. The Labute approximate surface area is 224 Å². The molecule has 1 fully saturated rings. The number of hydrogen-bond acceptors (Lipinski definition) is 12. The molecule has 0 bridgehead atoms. The summed E-state index contributed by atoms with van der Waals surface area (Å²) in [6.45, 7) is 4.16. The third-order valence-electron chi connectivity index (χ3n) is 6.22. The Kier molecular flexibility index (Phi) is 11.5. The summed E-state index contributed by atoms with van der Waals surface area (Å²) in [5.74, 6) is 0.245. The average molecular weight is 549 g/mol. The minimum atomic E-state index is -1.14. The standard InChI is InChI=1S/C23H33ClN8O3.CO2/c24-16-4-2-15(3-5-16)6-8-27-9-11-31(10-1-7-25)12-17-19(33)20(34)23(35-17)32-14-30-18-21(26)28-13-29-22(18)32;2-1-3/h2-5,13-14,17,19-20,23,27,33-34H,1,6-12,25H2,(H2,26,28,29);/t17-,19-,20-,23-;/m1./s1. The van der Waals surface area contributed by atoms with Crippen LogP contribution in [-0.4, -0.2) is 98.4 Å². The molecule has 0 radical (unpaired) electrons. The van der Waals surface area contributed by atoms with Gasteiger partial charge in [0.25, 0.3) is 0 Å². The van der Waals surface area contributed by atoms with Crippen LogP contribution >= 0.6 is 11.6 Å². The quantitative estimate of drug-likeness (QED) is 0.184. The summed E-state index contributed by atoms with van der Waals surface area (Å²) in [5, 5.41) is 25.7. The molecule has 1 aliphatic heterocycles. The Morgan fingerprint density at radius 3 is 2.55 bits per heavy atom. The second kappa shape index (κ2) is 14.8. The first kappa shape index (κ1) is 29.6. The lowest BCUT2D eigenvalue weighted by Crippen LogP contribution is -2.43. The number of anilines is 1. The van der Waals surface area contributed by atoms with E-state index in [1.165, 1.54) is 18.2 Å². The van der Waals surface area contributed by atoms with Gasteiger partial charge in [0.05, 0.1) is 6.33 Å². The molecule has 0 saturated carbocycles. The van der Waals surface area contributed by atoms with Gasteiger partial charge in [0.15, 0.2) is 17.7 Å². The SMILES string of the molecule is NCCCN(CCNCCc1ccc(Cl)cc1)C[C@H]1O[C@@H](n2cnc3c(N)ncnc32)[C@H](O)[C@@H]1O.O=C=O. The van der Waals surface area contributed by atoms with E-state index in [2.05, 4.69) is 25.2 Å². The van der Waals surface area contributed by atoms with Crippen LogP contribution in [0.4, 0.5) is 5.82 Å². The first-order chi connectivity index (χ1) is 18.4. The third-order valence-corrected chi connectivity index (χ3v) is 6.48. The third kappa shape index (κ3) is 7.76. The van der Waals surface area contributed by atoms with E-state index in [4.69, 9.17) is 37.4 Å². The Bertz CT molecular complexity index is 1170. The van der Waals surface area contributed by atoms with E-state index in [0.717, 1.165) is 44.0 Å². The number of aliphatic hydroxyl groups is 2. The van der Waals surface area contributed by atoms with E-state index < -0.39 is 24.5 Å². The van der Waals surface area contributed by atoms with Gasteiger partial charge in [-0.05, 0) is 50.2 Å². The molecule has 1 saturated heterocycles. The van der Waals surface area contributed by atoms with Gasteiger partial charge in [0.1, 0.15) is 30.2 Å². The van der Waals surface area contributed by atoms with Gasteiger partial charge in [-0.1, -0.05) is 23.7 Å². The summed E-state index contributed by atoms with van der Waals surface area (Å²) in [6.07, 6.45) is 1.20. The maximum Gasteiger partial charge on any atom is 0.373 e. The predicted octanol–water partition coefficient (Wildman–Crippen LogP) is -0.419. The number of nitrogens with one attached hydrogen (secondary N) is 1. The molecule has 3 heterocycles. The summed E-state index contributed by atoms with van der Waals surface area (Å²) >= 11 is 5.94. The molecule has 1 aliphatic rings. The van der Waals surface area contributed by atoms with Gasteiger partial charge in [0, 0.05) is 24.7 Å². The summed E-state index contributed by atoms with van der Waals surface area (Å²) in [5.41, 5.74) is 13.7. The van der Waals surface area contributed by atoms with Crippen molar-refractivity contribution >= 4 is 34.7 Å². The largest absolute Gasteiger partial charge is 0.387 e. The van der Waals surface area contributed by atoms with E-state index >= 15 is 0 Å². The van der Waals surface area contributed by atoms with E-state index in [0.29, 0.717) is 24.3 Å². The Morgan fingerprint density at radius 1 is 1.11 bits per heavy atom. The van der Waals surface area contributed by atoms with Crippen LogP contribution in [0.2, 0.25) is 5.02 Å². The second-order valence-electron chi connectivity index (χ2n) is 8.78. The Hall–Kier alpha value is -3.00.